The van der Waals surface area contributed by atoms with Crippen LogP contribution in [0.5, 0.6) is 0 Å². The summed E-state index contributed by atoms with van der Waals surface area (Å²) in [6.07, 6.45) is 0.904. The van der Waals surface area contributed by atoms with Crippen LogP contribution in [-0.4, -0.2) is 35.0 Å². The Kier molecular flexibility index (Phi) is 4.35. The fourth-order valence-electron chi connectivity index (χ4n) is 2.59. The number of amides is 1. The maximum absolute atomic E-state index is 11.8. The third-order valence-electron chi connectivity index (χ3n) is 4.05. The van der Waals surface area contributed by atoms with Crippen molar-refractivity contribution in [3.8, 4) is 0 Å². The van der Waals surface area contributed by atoms with Crippen LogP contribution in [0, 0.1) is 5.92 Å². The van der Waals surface area contributed by atoms with Crippen LogP contribution in [0.1, 0.15) is 38.3 Å². The molecule has 1 heterocycles. The molecule has 0 spiro atoms. The predicted octanol–water partition coefficient (Wildman–Crippen LogP) is 2.46. The van der Waals surface area contributed by atoms with E-state index in [0.717, 1.165) is 6.42 Å². The third kappa shape index (κ3) is 3.84. The number of carboxylic acids is 1. The molecule has 1 saturated heterocycles. The summed E-state index contributed by atoms with van der Waals surface area (Å²) in [5, 5.41) is 8.96. The zero-order valence-corrected chi connectivity index (χ0v) is 12.9. The molecule has 1 aromatic rings. The van der Waals surface area contributed by atoms with Gasteiger partial charge in [0.25, 0.3) is 0 Å². The largest absolute Gasteiger partial charge is 0.481 e. The topological polar surface area (TPSA) is 57.6 Å². The first-order chi connectivity index (χ1) is 9.77. The minimum Gasteiger partial charge on any atom is -0.481 e. The van der Waals surface area contributed by atoms with Crippen LogP contribution in [-0.2, 0) is 21.4 Å². The SMILES string of the molecule is CC(C)(C)c1ccc(CCN2CC(C(=O)O)CC2=O)cc1. The van der Waals surface area contributed by atoms with E-state index < -0.39 is 11.9 Å². The lowest BCUT2D eigenvalue weighted by atomic mass is 9.86. The van der Waals surface area contributed by atoms with Gasteiger partial charge >= 0.3 is 5.97 Å². The lowest BCUT2D eigenvalue weighted by molar-refractivity contribution is -0.141. The smallest absolute Gasteiger partial charge is 0.308 e. The van der Waals surface area contributed by atoms with Crippen molar-refractivity contribution in [2.45, 2.75) is 39.0 Å². The molecule has 1 N–H and O–H groups in total. The molecule has 4 nitrogen and oxygen atoms in total. The Hall–Kier alpha value is -1.84. The highest BCUT2D eigenvalue weighted by Gasteiger charge is 2.33. The zero-order valence-electron chi connectivity index (χ0n) is 12.9. The minimum atomic E-state index is -0.875. The molecule has 1 atom stereocenters. The van der Waals surface area contributed by atoms with Gasteiger partial charge in [0, 0.05) is 19.5 Å². The van der Waals surface area contributed by atoms with Crippen molar-refractivity contribution < 1.29 is 14.7 Å². The van der Waals surface area contributed by atoms with Gasteiger partial charge in [-0.3, -0.25) is 9.59 Å². The monoisotopic (exact) mass is 289 g/mol. The Labute approximate surface area is 125 Å². The molecule has 2 rings (SSSR count). The van der Waals surface area contributed by atoms with Crippen LogP contribution in [0.4, 0.5) is 0 Å². The molecule has 0 saturated carbocycles. The Morgan fingerprint density at radius 3 is 2.38 bits per heavy atom. The Morgan fingerprint density at radius 2 is 1.90 bits per heavy atom. The molecule has 0 aliphatic carbocycles. The van der Waals surface area contributed by atoms with Crippen molar-refractivity contribution in [2.24, 2.45) is 5.92 Å². The average molecular weight is 289 g/mol. The van der Waals surface area contributed by atoms with Gasteiger partial charge in [0.2, 0.25) is 5.91 Å². The van der Waals surface area contributed by atoms with Crippen molar-refractivity contribution in [1.29, 1.82) is 0 Å². The molecule has 4 heteroatoms. The number of rotatable bonds is 4. The van der Waals surface area contributed by atoms with Gasteiger partial charge in [0.05, 0.1) is 5.92 Å². The second kappa shape index (κ2) is 5.88. The Morgan fingerprint density at radius 1 is 1.29 bits per heavy atom. The van der Waals surface area contributed by atoms with E-state index in [1.807, 2.05) is 0 Å². The molecule has 1 aliphatic heterocycles. The van der Waals surface area contributed by atoms with Gasteiger partial charge in [-0.15, -0.1) is 0 Å². The number of nitrogens with zero attached hydrogens (tertiary/aromatic N) is 1. The molecular weight excluding hydrogens is 266 g/mol. The number of carbonyl (C=O) groups excluding carboxylic acids is 1. The van der Waals surface area contributed by atoms with Crippen LogP contribution < -0.4 is 0 Å². The number of aliphatic carboxylic acids is 1. The highest BCUT2D eigenvalue weighted by Crippen LogP contribution is 2.23. The molecule has 114 valence electrons. The first kappa shape index (κ1) is 15.5. The Balaban J connectivity index is 1.92. The molecule has 1 fully saturated rings. The maximum Gasteiger partial charge on any atom is 0.308 e. The first-order valence-corrected chi connectivity index (χ1v) is 7.37. The van der Waals surface area contributed by atoms with Gasteiger partial charge < -0.3 is 10.0 Å². The second-order valence-electron chi connectivity index (χ2n) is 6.78. The molecule has 1 aromatic carbocycles. The van der Waals surface area contributed by atoms with E-state index in [9.17, 15) is 9.59 Å². The summed E-state index contributed by atoms with van der Waals surface area (Å²) < 4.78 is 0. The van der Waals surface area contributed by atoms with Crippen LogP contribution in [0.2, 0.25) is 0 Å². The van der Waals surface area contributed by atoms with E-state index in [2.05, 4.69) is 45.0 Å². The summed E-state index contributed by atoms with van der Waals surface area (Å²) >= 11 is 0. The standard InChI is InChI=1S/C17H23NO3/c1-17(2,3)14-6-4-12(5-7-14)8-9-18-11-13(16(20)21)10-15(18)19/h4-7,13H,8-11H2,1-3H3,(H,20,21). The van der Waals surface area contributed by atoms with E-state index in [0.29, 0.717) is 13.1 Å². The summed E-state index contributed by atoms with van der Waals surface area (Å²) in [5.41, 5.74) is 2.60. The van der Waals surface area contributed by atoms with Crippen molar-refractivity contribution in [2.75, 3.05) is 13.1 Å². The molecule has 1 amide bonds. The third-order valence-corrected chi connectivity index (χ3v) is 4.05. The van der Waals surface area contributed by atoms with Crippen LogP contribution >= 0.6 is 0 Å². The van der Waals surface area contributed by atoms with Crippen LogP contribution in [0.3, 0.4) is 0 Å². The fourth-order valence-corrected chi connectivity index (χ4v) is 2.59. The molecule has 0 radical (unpaired) electrons. The predicted molar refractivity (Wildman–Crippen MR) is 81.2 cm³/mol. The van der Waals surface area contributed by atoms with E-state index >= 15 is 0 Å². The van der Waals surface area contributed by atoms with Gasteiger partial charge in [-0.1, -0.05) is 45.0 Å². The highest BCUT2D eigenvalue weighted by atomic mass is 16.4. The summed E-state index contributed by atoms with van der Waals surface area (Å²) in [6, 6.07) is 8.44. The molecular formula is C17H23NO3. The summed E-state index contributed by atoms with van der Waals surface area (Å²) in [6.45, 7) is 7.47. The molecule has 1 unspecified atom stereocenters. The van der Waals surface area contributed by atoms with Gasteiger partial charge in [0.15, 0.2) is 0 Å². The second-order valence-corrected chi connectivity index (χ2v) is 6.78. The number of carboxylic acid groups (broad SMARTS) is 1. The molecule has 21 heavy (non-hydrogen) atoms. The van der Waals surface area contributed by atoms with Crippen molar-refractivity contribution in [3.63, 3.8) is 0 Å². The first-order valence-electron chi connectivity index (χ1n) is 7.37. The normalized spacial score (nSPS) is 19.1. The van der Waals surface area contributed by atoms with Gasteiger partial charge in [0.1, 0.15) is 0 Å². The average Bonchev–Trinajstić information content (AvgIpc) is 2.77. The van der Waals surface area contributed by atoms with Crippen LogP contribution in [0.25, 0.3) is 0 Å². The number of hydrogen-bond donors (Lipinski definition) is 1. The zero-order chi connectivity index (χ0) is 15.6. The molecule has 0 aromatic heterocycles. The summed E-state index contributed by atoms with van der Waals surface area (Å²) in [5.74, 6) is -1.46. The molecule has 0 bridgehead atoms. The summed E-state index contributed by atoms with van der Waals surface area (Å²) in [4.78, 5) is 24.3. The highest BCUT2D eigenvalue weighted by molar-refractivity contribution is 5.86. The van der Waals surface area contributed by atoms with Gasteiger partial charge in [-0.05, 0) is 23.0 Å². The number of likely N-dealkylation sites (tertiary alicyclic amines) is 1. The van der Waals surface area contributed by atoms with Gasteiger partial charge in [-0.25, -0.2) is 0 Å². The lowest BCUT2D eigenvalue weighted by Gasteiger charge is -2.20. The summed E-state index contributed by atoms with van der Waals surface area (Å²) in [7, 11) is 0. The van der Waals surface area contributed by atoms with Crippen molar-refractivity contribution in [3.05, 3.63) is 35.4 Å². The van der Waals surface area contributed by atoms with E-state index in [4.69, 9.17) is 5.11 Å². The van der Waals surface area contributed by atoms with E-state index in [-0.39, 0.29) is 17.7 Å². The number of carbonyl (C=O) groups is 2. The quantitative estimate of drug-likeness (QED) is 0.926. The van der Waals surface area contributed by atoms with Crippen LogP contribution in [0.15, 0.2) is 24.3 Å². The van der Waals surface area contributed by atoms with E-state index in [1.165, 1.54) is 11.1 Å². The Bertz CT molecular complexity index is 528. The minimum absolute atomic E-state index is 0.0475. The maximum atomic E-state index is 11.8. The number of hydrogen-bond acceptors (Lipinski definition) is 2. The fraction of sp³-hybridized carbons (Fsp3) is 0.529. The van der Waals surface area contributed by atoms with E-state index in [1.54, 1.807) is 4.90 Å². The van der Waals surface area contributed by atoms with Crippen molar-refractivity contribution >= 4 is 11.9 Å². The molecule has 1 aliphatic rings. The van der Waals surface area contributed by atoms with Gasteiger partial charge in [-0.2, -0.15) is 0 Å². The lowest BCUT2D eigenvalue weighted by Crippen LogP contribution is -2.28. The van der Waals surface area contributed by atoms with Crippen molar-refractivity contribution in [1.82, 2.24) is 4.90 Å². The number of benzene rings is 1.